The summed E-state index contributed by atoms with van der Waals surface area (Å²) in [5.74, 6) is 0.899. The molecule has 1 N–H and O–H groups in total. The van der Waals surface area contributed by atoms with Crippen LogP contribution in [0.4, 0.5) is 0 Å². The molecule has 3 heteroatoms. The molecular formula is C28H34N2O. The number of aromatic amines is 1. The Kier molecular flexibility index (Phi) is 4.92. The van der Waals surface area contributed by atoms with Gasteiger partial charge in [0.25, 0.3) is 0 Å². The number of rotatable bonds is 5. The van der Waals surface area contributed by atoms with Gasteiger partial charge < -0.3 is 9.72 Å². The average Bonchev–Trinajstić information content (AvgIpc) is 3.27. The van der Waals surface area contributed by atoms with Gasteiger partial charge >= 0.3 is 0 Å². The number of ether oxygens (including phenoxy) is 1. The van der Waals surface area contributed by atoms with Crippen molar-refractivity contribution < 1.29 is 4.74 Å². The summed E-state index contributed by atoms with van der Waals surface area (Å²) in [5.41, 5.74) is 7.38. The highest BCUT2D eigenvalue weighted by atomic mass is 16.5. The van der Waals surface area contributed by atoms with Crippen molar-refractivity contribution in [2.24, 2.45) is 5.92 Å². The van der Waals surface area contributed by atoms with Gasteiger partial charge in [0.15, 0.2) is 0 Å². The fourth-order valence-electron chi connectivity index (χ4n) is 6.14. The number of aromatic nitrogens is 1. The molecule has 0 radical (unpaired) electrons. The zero-order chi connectivity index (χ0) is 20.8. The molecule has 3 heterocycles. The van der Waals surface area contributed by atoms with Crippen LogP contribution in [0.5, 0.6) is 0 Å². The van der Waals surface area contributed by atoms with Crippen molar-refractivity contribution in [3.05, 3.63) is 70.9 Å². The molecule has 0 amide bonds. The Morgan fingerprint density at radius 2 is 2.00 bits per heavy atom. The highest BCUT2D eigenvalue weighted by Gasteiger charge is 2.43. The molecule has 162 valence electrons. The summed E-state index contributed by atoms with van der Waals surface area (Å²) in [6.07, 6.45) is 10.9. The highest BCUT2D eigenvalue weighted by molar-refractivity contribution is 5.87. The first-order chi connectivity index (χ1) is 15.2. The van der Waals surface area contributed by atoms with Crippen LogP contribution in [-0.4, -0.2) is 28.6 Å². The van der Waals surface area contributed by atoms with Gasteiger partial charge in [0, 0.05) is 42.8 Å². The largest absolute Gasteiger partial charge is 0.375 e. The maximum Gasteiger partial charge on any atom is 0.0713 e. The number of aryl methyl sites for hydroxylation is 1. The van der Waals surface area contributed by atoms with E-state index in [9.17, 15) is 0 Å². The number of likely N-dealkylation sites (tertiary alicyclic amines) is 1. The second-order valence-electron chi connectivity index (χ2n) is 10.2. The van der Waals surface area contributed by atoms with Crippen molar-refractivity contribution in [3.8, 4) is 0 Å². The summed E-state index contributed by atoms with van der Waals surface area (Å²) in [4.78, 5) is 6.25. The second-order valence-corrected chi connectivity index (χ2v) is 10.2. The number of hydrogen-bond acceptors (Lipinski definition) is 2. The molecule has 6 rings (SSSR count). The van der Waals surface area contributed by atoms with E-state index in [0.717, 1.165) is 38.5 Å². The maximum atomic E-state index is 6.36. The molecule has 1 aliphatic carbocycles. The quantitative estimate of drug-likeness (QED) is 0.529. The van der Waals surface area contributed by atoms with Crippen LogP contribution in [0, 0.1) is 12.8 Å². The summed E-state index contributed by atoms with van der Waals surface area (Å²) in [6.45, 7) is 5.34. The smallest absolute Gasteiger partial charge is 0.0713 e. The van der Waals surface area contributed by atoms with Gasteiger partial charge in [0.2, 0.25) is 0 Å². The van der Waals surface area contributed by atoms with Crippen LogP contribution < -0.4 is 0 Å². The lowest BCUT2D eigenvalue weighted by molar-refractivity contribution is -0.0675. The lowest BCUT2D eigenvalue weighted by Crippen LogP contribution is -2.45. The zero-order valence-electron chi connectivity index (χ0n) is 18.7. The van der Waals surface area contributed by atoms with Crippen molar-refractivity contribution in [1.82, 2.24) is 9.88 Å². The Hall–Kier alpha value is -2.10. The molecule has 31 heavy (non-hydrogen) atoms. The molecule has 3 aromatic rings. The number of fused-ring (bicyclic) bond motifs is 1. The third-order valence-electron chi connectivity index (χ3n) is 8.04. The SMILES string of the molecule is Cc1cc(CC2CC2)c(CN2CC[C@]3(CCCO3)C[C@H]2c2ccccc2)c2cc[nH]c12. The van der Waals surface area contributed by atoms with E-state index >= 15 is 0 Å². The number of nitrogens with one attached hydrogen (secondary N) is 1. The van der Waals surface area contributed by atoms with Gasteiger partial charge in [0.05, 0.1) is 5.60 Å². The summed E-state index contributed by atoms with van der Waals surface area (Å²) in [5, 5.41) is 1.43. The van der Waals surface area contributed by atoms with Gasteiger partial charge in [-0.2, -0.15) is 0 Å². The molecular weight excluding hydrogens is 380 g/mol. The first-order valence-electron chi connectivity index (χ1n) is 12.2. The minimum atomic E-state index is 0.102. The molecule has 0 bridgehead atoms. The molecule has 1 spiro atoms. The molecule has 1 aromatic heterocycles. The molecule has 3 fully saturated rings. The van der Waals surface area contributed by atoms with Crippen LogP contribution in [-0.2, 0) is 17.7 Å². The highest BCUT2D eigenvalue weighted by Crippen LogP contribution is 2.45. The Bertz CT molecular complexity index is 1060. The Labute approximate surface area is 185 Å². The molecule has 3 aliphatic rings. The van der Waals surface area contributed by atoms with E-state index in [0.29, 0.717) is 6.04 Å². The summed E-state index contributed by atoms with van der Waals surface area (Å²) < 4.78 is 6.36. The minimum absolute atomic E-state index is 0.102. The predicted octanol–water partition coefficient (Wildman–Crippen LogP) is 6.32. The van der Waals surface area contributed by atoms with Crippen molar-refractivity contribution >= 4 is 10.9 Å². The van der Waals surface area contributed by atoms with Crippen molar-refractivity contribution in [2.45, 2.75) is 70.1 Å². The molecule has 0 unspecified atom stereocenters. The minimum Gasteiger partial charge on any atom is -0.375 e. The van der Waals surface area contributed by atoms with Crippen molar-refractivity contribution in [3.63, 3.8) is 0 Å². The van der Waals surface area contributed by atoms with E-state index in [4.69, 9.17) is 4.74 Å². The predicted molar refractivity (Wildman–Crippen MR) is 126 cm³/mol. The Morgan fingerprint density at radius 1 is 1.13 bits per heavy atom. The van der Waals surface area contributed by atoms with E-state index in [1.807, 2.05) is 0 Å². The van der Waals surface area contributed by atoms with E-state index in [1.165, 1.54) is 54.1 Å². The number of hydrogen-bond donors (Lipinski definition) is 1. The third kappa shape index (κ3) is 3.72. The van der Waals surface area contributed by atoms with Gasteiger partial charge in [-0.25, -0.2) is 0 Å². The van der Waals surface area contributed by atoms with Crippen molar-refractivity contribution in [2.75, 3.05) is 13.2 Å². The third-order valence-corrected chi connectivity index (χ3v) is 8.04. The maximum absolute atomic E-state index is 6.36. The van der Waals surface area contributed by atoms with E-state index < -0.39 is 0 Å². The topological polar surface area (TPSA) is 28.3 Å². The van der Waals surface area contributed by atoms with Crippen molar-refractivity contribution in [1.29, 1.82) is 0 Å². The normalized spacial score (nSPS) is 26.8. The average molecular weight is 415 g/mol. The molecule has 2 aromatic carbocycles. The monoisotopic (exact) mass is 414 g/mol. The van der Waals surface area contributed by atoms with Crippen LogP contribution >= 0.6 is 0 Å². The van der Waals surface area contributed by atoms with Gasteiger partial charge in [-0.15, -0.1) is 0 Å². The van der Waals surface area contributed by atoms with E-state index in [2.05, 4.69) is 65.5 Å². The van der Waals surface area contributed by atoms with Gasteiger partial charge in [-0.1, -0.05) is 36.4 Å². The van der Waals surface area contributed by atoms with Crippen LogP contribution in [0.25, 0.3) is 10.9 Å². The molecule has 2 saturated heterocycles. The van der Waals surface area contributed by atoms with Crippen LogP contribution in [0.1, 0.15) is 66.8 Å². The van der Waals surface area contributed by atoms with Gasteiger partial charge in [0.1, 0.15) is 0 Å². The number of nitrogens with zero attached hydrogens (tertiary/aromatic N) is 1. The fraction of sp³-hybridized carbons (Fsp3) is 0.500. The van der Waals surface area contributed by atoms with E-state index in [1.54, 1.807) is 11.1 Å². The summed E-state index contributed by atoms with van der Waals surface area (Å²) >= 11 is 0. The number of H-pyrrole nitrogens is 1. The molecule has 2 aliphatic heterocycles. The van der Waals surface area contributed by atoms with Gasteiger partial charge in [-0.05, 0) is 86.1 Å². The fourth-order valence-corrected chi connectivity index (χ4v) is 6.14. The lowest BCUT2D eigenvalue weighted by Gasteiger charge is -2.45. The van der Waals surface area contributed by atoms with Crippen LogP contribution in [0.15, 0.2) is 48.7 Å². The summed E-state index contributed by atoms with van der Waals surface area (Å²) in [6, 6.07) is 16.4. The van der Waals surface area contributed by atoms with Crippen LogP contribution in [0.2, 0.25) is 0 Å². The molecule has 2 atom stereocenters. The lowest BCUT2D eigenvalue weighted by atomic mass is 9.81. The zero-order valence-corrected chi connectivity index (χ0v) is 18.7. The number of benzene rings is 2. The van der Waals surface area contributed by atoms with Gasteiger partial charge in [-0.3, -0.25) is 4.90 Å². The Morgan fingerprint density at radius 3 is 2.77 bits per heavy atom. The van der Waals surface area contributed by atoms with E-state index in [-0.39, 0.29) is 5.60 Å². The summed E-state index contributed by atoms with van der Waals surface area (Å²) in [7, 11) is 0. The van der Waals surface area contributed by atoms with Crippen LogP contribution in [0.3, 0.4) is 0 Å². The second kappa shape index (κ2) is 7.79. The number of piperidine rings is 1. The standard InChI is InChI=1S/C28H34N2O/c1-20-16-23(17-21-8-9-21)25(24-10-13-29-27(20)24)19-30-14-12-28(11-5-15-31-28)18-26(30)22-6-3-2-4-7-22/h2-4,6-7,10,13,16,21,26,29H,5,8-9,11-12,14-15,17-19H2,1H3/t26-,28+/m0/s1. The molecule has 3 nitrogen and oxygen atoms in total. The molecule has 1 saturated carbocycles. The first kappa shape index (κ1) is 19.6. The first-order valence-corrected chi connectivity index (χ1v) is 12.2. The Balaban J connectivity index is 1.37.